The van der Waals surface area contributed by atoms with Crippen molar-refractivity contribution in [2.24, 2.45) is 11.7 Å². The Morgan fingerprint density at radius 2 is 1.45 bits per heavy atom. The first kappa shape index (κ1) is 27.4. The lowest BCUT2D eigenvalue weighted by Crippen LogP contribution is -2.57. The highest BCUT2D eigenvalue weighted by atomic mass is 16.4. The Morgan fingerprint density at radius 1 is 0.879 bits per heavy atom. The largest absolute Gasteiger partial charge is 0.508 e. The first-order valence-electron chi connectivity index (χ1n) is 10.2. The summed E-state index contributed by atoms with van der Waals surface area (Å²) in [6.45, 7) is 3.00. The third kappa shape index (κ3) is 10.5. The predicted molar refractivity (Wildman–Crippen MR) is 116 cm³/mol. The minimum absolute atomic E-state index is 0.000587. The van der Waals surface area contributed by atoms with Crippen molar-refractivity contribution in [3.05, 3.63) is 29.8 Å². The van der Waals surface area contributed by atoms with Crippen LogP contribution in [-0.2, 0) is 30.4 Å². The monoisotopic (exact) mass is 466 g/mol. The second-order valence-electron chi connectivity index (χ2n) is 7.94. The van der Waals surface area contributed by atoms with Crippen LogP contribution in [0.4, 0.5) is 0 Å². The van der Waals surface area contributed by atoms with Crippen LogP contribution in [0.25, 0.3) is 0 Å². The molecule has 0 radical (unpaired) electrons. The molecule has 33 heavy (non-hydrogen) atoms. The van der Waals surface area contributed by atoms with Gasteiger partial charge >= 0.3 is 11.9 Å². The van der Waals surface area contributed by atoms with E-state index < -0.39 is 60.8 Å². The Labute approximate surface area is 190 Å². The summed E-state index contributed by atoms with van der Waals surface area (Å²) in [5, 5.41) is 34.2. The molecule has 1 aromatic rings. The van der Waals surface area contributed by atoms with E-state index in [0.717, 1.165) is 0 Å². The Morgan fingerprint density at radius 3 is 1.97 bits per heavy atom. The number of rotatable bonds is 13. The first-order valence-corrected chi connectivity index (χ1v) is 10.2. The van der Waals surface area contributed by atoms with Crippen LogP contribution in [0, 0.1) is 5.92 Å². The predicted octanol–water partition coefficient (Wildman–Crippen LogP) is -1.05. The number of hydrogen-bond acceptors (Lipinski definition) is 7. The van der Waals surface area contributed by atoms with Crippen molar-refractivity contribution in [3.63, 3.8) is 0 Å². The van der Waals surface area contributed by atoms with E-state index in [2.05, 4.69) is 16.0 Å². The van der Waals surface area contributed by atoms with Crippen molar-refractivity contribution >= 4 is 29.7 Å². The van der Waals surface area contributed by atoms with E-state index in [1.807, 2.05) is 13.8 Å². The average molecular weight is 466 g/mol. The number of aliphatic carboxylic acids is 2. The molecule has 0 saturated carbocycles. The fourth-order valence-corrected chi connectivity index (χ4v) is 2.90. The van der Waals surface area contributed by atoms with E-state index >= 15 is 0 Å². The van der Waals surface area contributed by atoms with E-state index in [1.54, 1.807) is 0 Å². The van der Waals surface area contributed by atoms with Crippen LogP contribution in [0.1, 0.15) is 32.3 Å². The van der Waals surface area contributed by atoms with Crippen molar-refractivity contribution in [2.45, 2.75) is 51.2 Å². The summed E-state index contributed by atoms with van der Waals surface area (Å²) in [6, 6.07) is 2.16. The van der Waals surface area contributed by atoms with Gasteiger partial charge in [0.1, 0.15) is 24.4 Å². The summed E-state index contributed by atoms with van der Waals surface area (Å²) >= 11 is 0. The SMILES string of the molecule is CC(C)CC(NC(=O)C(Cc1ccc(O)cc1)NC(=O)C(N)CC(=O)O)C(=O)NCC(=O)O. The average Bonchev–Trinajstić information content (AvgIpc) is 2.71. The topological polar surface area (TPSA) is 208 Å². The molecule has 0 aliphatic heterocycles. The van der Waals surface area contributed by atoms with Crippen LogP contribution in [0.5, 0.6) is 5.75 Å². The minimum atomic E-state index is -1.40. The Hall–Kier alpha value is -3.67. The maximum Gasteiger partial charge on any atom is 0.322 e. The fraction of sp³-hybridized carbons (Fsp3) is 0.476. The van der Waals surface area contributed by atoms with E-state index in [9.17, 15) is 29.1 Å². The third-order valence-electron chi connectivity index (χ3n) is 4.49. The van der Waals surface area contributed by atoms with Gasteiger partial charge in [-0.15, -0.1) is 0 Å². The zero-order valence-corrected chi connectivity index (χ0v) is 18.4. The number of carbonyl (C=O) groups is 5. The zero-order valence-electron chi connectivity index (χ0n) is 18.4. The summed E-state index contributed by atoms with van der Waals surface area (Å²) in [4.78, 5) is 59.3. The lowest BCUT2D eigenvalue weighted by Gasteiger charge is -2.25. The minimum Gasteiger partial charge on any atom is -0.508 e. The molecule has 3 unspecified atom stereocenters. The molecular formula is C21H30N4O8. The molecule has 3 amide bonds. The van der Waals surface area contributed by atoms with Gasteiger partial charge < -0.3 is 37.0 Å². The molecule has 3 atom stereocenters. The maximum atomic E-state index is 13.0. The van der Waals surface area contributed by atoms with E-state index in [1.165, 1.54) is 24.3 Å². The molecule has 0 heterocycles. The highest BCUT2D eigenvalue weighted by Crippen LogP contribution is 2.12. The number of nitrogens with two attached hydrogens (primary N) is 1. The Bertz CT molecular complexity index is 856. The van der Waals surface area contributed by atoms with Gasteiger partial charge in [0.25, 0.3) is 0 Å². The van der Waals surface area contributed by atoms with Gasteiger partial charge in [0.05, 0.1) is 12.5 Å². The quantitative estimate of drug-likeness (QED) is 0.189. The van der Waals surface area contributed by atoms with Crippen LogP contribution >= 0.6 is 0 Å². The molecule has 0 aliphatic carbocycles. The summed E-state index contributed by atoms with van der Waals surface area (Å²) < 4.78 is 0. The van der Waals surface area contributed by atoms with Crippen LogP contribution < -0.4 is 21.7 Å². The Kier molecular flexibility index (Phi) is 10.8. The molecule has 0 bridgehead atoms. The van der Waals surface area contributed by atoms with Gasteiger partial charge in [-0.05, 0) is 30.0 Å². The van der Waals surface area contributed by atoms with E-state index in [4.69, 9.17) is 15.9 Å². The van der Waals surface area contributed by atoms with Crippen LogP contribution in [0.2, 0.25) is 0 Å². The molecular weight excluding hydrogens is 436 g/mol. The number of aromatic hydroxyl groups is 1. The number of carboxylic acid groups (broad SMARTS) is 2. The highest BCUT2D eigenvalue weighted by molar-refractivity contribution is 5.94. The molecule has 0 spiro atoms. The molecule has 1 rings (SSSR count). The van der Waals surface area contributed by atoms with Crippen LogP contribution in [-0.4, -0.2) is 69.7 Å². The number of benzene rings is 1. The lowest BCUT2D eigenvalue weighted by molar-refractivity contribution is -0.139. The number of hydrogen-bond donors (Lipinski definition) is 7. The van der Waals surface area contributed by atoms with Crippen molar-refractivity contribution in [2.75, 3.05) is 6.54 Å². The van der Waals surface area contributed by atoms with Gasteiger partial charge in [0.2, 0.25) is 17.7 Å². The van der Waals surface area contributed by atoms with Gasteiger partial charge in [0.15, 0.2) is 0 Å². The molecule has 182 valence electrons. The first-order chi connectivity index (χ1) is 15.4. The van der Waals surface area contributed by atoms with E-state index in [0.29, 0.717) is 5.56 Å². The number of carbonyl (C=O) groups excluding carboxylic acids is 3. The number of phenolic OH excluding ortho intramolecular Hbond substituents is 1. The summed E-state index contributed by atoms with van der Waals surface area (Å²) in [6.07, 6.45) is -0.481. The van der Waals surface area contributed by atoms with Gasteiger partial charge in [-0.25, -0.2) is 0 Å². The highest BCUT2D eigenvalue weighted by Gasteiger charge is 2.29. The van der Waals surface area contributed by atoms with Crippen molar-refractivity contribution in [1.29, 1.82) is 0 Å². The van der Waals surface area contributed by atoms with Crippen molar-refractivity contribution < 1.29 is 39.3 Å². The van der Waals surface area contributed by atoms with Gasteiger partial charge in [-0.1, -0.05) is 26.0 Å². The van der Waals surface area contributed by atoms with E-state index in [-0.39, 0.29) is 24.5 Å². The normalized spacial score (nSPS) is 13.5. The number of nitrogens with one attached hydrogen (secondary N) is 3. The molecule has 12 nitrogen and oxygen atoms in total. The summed E-state index contributed by atoms with van der Waals surface area (Å²) in [5.74, 6) is -4.87. The summed E-state index contributed by atoms with van der Waals surface area (Å²) in [7, 11) is 0. The molecule has 0 aromatic heterocycles. The molecule has 0 aliphatic rings. The van der Waals surface area contributed by atoms with Crippen molar-refractivity contribution in [3.8, 4) is 5.75 Å². The standard InChI is InChI=1S/C21H30N4O8/c1-11(2)7-15(20(32)23-10-18(29)30)25-21(33)16(8-12-3-5-13(26)6-4-12)24-19(31)14(22)9-17(27)28/h3-6,11,14-16,26H,7-10,22H2,1-2H3,(H,23,32)(H,24,31)(H,25,33)(H,27,28)(H,29,30). The second-order valence-corrected chi connectivity index (χ2v) is 7.94. The third-order valence-corrected chi connectivity index (χ3v) is 4.49. The molecule has 1 aromatic carbocycles. The molecule has 0 fully saturated rings. The van der Waals surface area contributed by atoms with Gasteiger partial charge in [0, 0.05) is 6.42 Å². The van der Waals surface area contributed by atoms with Crippen molar-refractivity contribution in [1.82, 2.24) is 16.0 Å². The summed E-state index contributed by atoms with van der Waals surface area (Å²) in [5.41, 5.74) is 6.15. The second kappa shape index (κ2) is 13.0. The molecule has 8 N–H and O–H groups in total. The smallest absolute Gasteiger partial charge is 0.322 e. The number of amides is 3. The van der Waals surface area contributed by atoms with Crippen LogP contribution in [0.15, 0.2) is 24.3 Å². The van der Waals surface area contributed by atoms with Crippen LogP contribution in [0.3, 0.4) is 0 Å². The maximum absolute atomic E-state index is 13.0. The van der Waals surface area contributed by atoms with Gasteiger partial charge in [-0.2, -0.15) is 0 Å². The zero-order chi connectivity index (χ0) is 25.1. The number of phenols is 1. The fourth-order valence-electron chi connectivity index (χ4n) is 2.90. The van der Waals surface area contributed by atoms with Gasteiger partial charge in [-0.3, -0.25) is 24.0 Å². The molecule has 12 heteroatoms. The lowest BCUT2D eigenvalue weighted by atomic mass is 10.0. The number of carboxylic acids is 2. The molecule has 0 saturated heterocycles. The Balaban J connectivity index is 3.05.